The number of aliphatic hydroxyl groups is 1. The first-order valence-electron chi connectivity index (χ1n) is 6.51. The number of aliphatic hydroxyl groups excluding tert-OH is 1. The first kappa shape index (κ1) is 13.6. The molecule has 0 heterocycles. The maximum atomic E-state index is 10.2. The summed E-state index contributed by atoms with van der Waals surface area (Å²) in [5.74, 6) is 0.824. The quantitative estimate of drug-likeness (QED) is 0.903. The van der Waals surface area contributed by atoms with E-state index in [1.54, 1.807) is 0 Å². The maximum absolute atomic E-state index is 10.2. The summed E-state index contributed by atoms with van der Waals surface area (Å²) < 4.78 is 5.67. The van der Waals surface area contributed by atoms with Crippen molar-refractivity contribution >= 4 is 0 Å². The van der Waals surface area contributed by atoms with E-state index in [2.05, 4.69) is 6.92 Å². The summed E-state index contributed by atoms with van der Waals surface area (Å²) in [5, 5.41) is 10.2. The molecule has 0 radical (unpaired) electrons. The lowest BCUT2D eigenvalue weighted by Crippen LogP contribution is -2.10. The van der Waals surface area contributed by atoms with Crippen molar-refractivity contribution in [3.05, 3.63) is 64.7 Å². The molecule has 0 aromatic heterocycles. The third-order valence-electron chi connectivity index (χ3n) is 3.41. The van der Waals surface area contributed by atoms with Gasteiger partial charge in [-0.15, -0.1) is 0 Å². The molecule has 1 unspecified atom stereocenters. The Morgan fingerprint density at radius 3 is 2.37 bits per heavy atom. The van der Waals surface area contributed by atoms with E-state index in [0.29, 0.717) is 0 Å². The zero-order valence-corrected chi connectivity index (χ0v) is 11.7. The van der Waals surface area contributed by atoms with E-state index in [0.717, 1.165) is 16.9 Å². The van der Waals surface area contributed by atoms with Gasteiger partial charge in [0.15, 0.2) is 0 Å². The highest BCUT2D eigenvalue weighted by molar-refractivity contribution is 5.33. The first-order valence-corrected chi connectivity index (χ1v) is 6.51. The SMILES string of the molecule is Cc1ccc(C(O)COc2ccccc2C)cc1C. The van der Waals surface area contributed by atoms with Crippen molar-refractivity contribution in [3.8, 4) is 5.75 Å². The molecule has 100 valence electrons. The molecule has 2 aromatic rings. The van der Waals surface area contributed by atoms with Crippen LogP contribution < -0.4 is 4.74 Å². The summed E-state index contributed by atoms with van der Waals surface area (Å²) in [6, 6.07) is 13.8. The van der Waals surface area contributed by atoms with Crippen LogP contribution in [0, 0.1) is 20.8 Å². The average molecular weight is 256 g/mol. The smallest absolute Gasteiger partial charge is 0.122 e. The second-order valence-corrected chi connectivity index (χ2v) is 4.94. The van der Waals surface area contributed by atoms with Crippen LogP contribution in [-0.2, 0) is 0 Å². The molecule has 2 heteroatoms. The second kappa shape index (κ2) is 5.89. The lowest BCUT2D eigenvalue weighted by molar-refractivity contribution is 0.108. The Morgan fingerprint density at radius 1 is 0.947 bits per heavy atom. The fraction of sp³-hybridized carbons (Fsp3) is 0.294. The van der Waals surface area contributed by atoms with Crippen LogP contribution in [-0.4, -0.2) is 11.7 Å². The van der Waals surface area contributed by atoms with Crippen molar-refractivity contribution in [3.63, 3.8) is 0 Å². The maximum Gasteiger partial charge on any atom is 0.122 e. The van der Waals surface area contributed by atoms with Crippen molar-refractivity contribution in [2.24, 2.45) is 0 Å². The third kappa shape index (κ3) is 3.36. The number of hydrogen-bond donors (Lipinski definition) is 1. The van der Waals surface area contributed by atoms with Crippen molar-refractivity contribution in [2.45, 2.75) is 26.9 Å². The zero-order chi connectivity index (χ0) is 13.8. The standard InChI is InChI=1S/C17H20O2/c1-12-8-9-15(10-14(12)3)16(18)11-19-17-7-5-4-6-13(17)2/h4-10,16,18H,11H2,1-3H3. The summed E-state index contributed by atoms with van der Waals surface area (Å²) >= 11 is 0. The minimum atomic E-state index is -0.598. The lowest BCUT2D eigenvalue weighted by Gasteiger charge is -2.15. The normalized spacial score (nSPS) is 12.2. The number of aryl methyl sites for hydroxylation is 3. The van der Waals surface area contributed by atoms with E-state index in [4.69, 9.17) is 4.74 Å². The number of benzene rings is 2. The largest absolute Gasteiger partial charge is 0.490 e. The number of hydrogen-bond acceptors (Lipinski definition) is 2. The van der Waals surface area contributed by atoms with Gasteiger partial charge in [-0.3, -0.25) is 0 Å². The van der Waals surface area contributed by atoms with Gasteiger partial charge >= 0.3 is 0 Å². The lowest BCUT2D eigenvalue weighted by atomic mass is 10.0. The van der Waals surface area contributed by atoms with Gasteiger partial charge in [-0.2, -0.15) is 0 Å². The highest BCUT2D eigenvalue weighted by atomic mass is 16.5. The molecule has 0 amide bonds. The third-order valence-corrected chi connectivity index (χ3v) is 3.41. The molecule has 0 aliphatic rings. The summed E-state index contributed by atoms with van der Waals surface area (Å²) in [5.41, 5.74) is 4.40. The second-order valence-electron chi connectivity index (χ2n) is 4.94. The first-order chi connectivity index (χ1) is 9.08. The molecule has 0 aliphatic heterocycles. The molecule has 2 nitrogen and oxygen atoms in total. The molecule has 0 aliphatic carbocycles. The molecule has 0 bridgehead atoms. The van der Waals surface area contributed by atoms with Gasteiger partial charge in [-0.1, -0.05) is 36.4 Å². The van der Waals surface area contributed by atoms with Crippen LogP contribution in [0.15, 0.2) is 42.5 Å². The number of rotatable bonds is 4. The van der Waals surface area contributed by atoms with Crippen LogP contribution in [0.2, 0.25) is 0 Å². The molecule has 2 aromatic carbocycles. The molecular weight excluding hydrogens is 236 g/mol. The van der Waals surface area contributed by atoms with E-state index < -0.39 is 6.10 Å². The Hall–Kier alpha value is -1.80. The van der Waals surface area contributed by atoms with Gasteiger partial charge in [0.05, 0.1) is 0 Å². The van der Waals surface area contributed by atoms with E-state index in [9.17, 15) is 5.11 Å². The van der Waals surface area contributed by atoms with Crippen LogP contribution >= 0.6 is 0 Å². The predicted octanol–water partition coefficient (Wildman–Crippen LogP) is 3.72. The highest BCUT2D eigenvalue weighted by Crippen LogP contribution is 2.21. The highest BCUT2D eigenvalue weighted by Gasteiger charge is 2.10. The van der Waals surface area contributed by atoms with Gasteiger partial charge < -0.3 is 9.84 Å². The Morgan fingerprint density at radius 2 is 1.68 bits per heavy atom. The van der Waals surface area contributed by atoms with Crippen molar-refractivity contribution in [1.82, 2.24) is 0 Å². The molecule has 2 rings (SSSR count). The Kier molecular flexibility index (Phi) is 4.23. The monoisotopic (exact) mass is 256 g/mol. The van der Waals surface area contributed by atoms with Gasteiger partial charge in [0.25, 0.3) is 0 Å². The van der Waals surface area contributed by atoms with E-state index >= 15 is 0 Å². The molecule has 19 heavy (non-hydrogen) atoms. The molecule has 0 saturated carbocycles. The van der Waals surface area contributed by atoms with Crippen molar-refractivity contribution < 1.29 is 9.84 Å². The van der Waals surface area contributed by atoms with Crippen LogP contribution in [0.3, 0.4) is 0 Å². The minimum absolute atomic E-state index is 0.271. The molecule has 1 atom stereocenters. The summed E-state index contributed by atoms with van der Waals surface area (Å²) in [6.07, 6.45) is -0.598. The van der Waals surface area contributed by atoms with Crippen LogP contribution in [0.25, 0.3) is 0 Å². The van der Waals surface area contributed by atoms with E-state index in [1.165, 1.54) is 11.1 Å². The Bertz CT molecular complexity index is 561. The van der Waals surface area contributed by atoms with Crippen LogP contribution in [0.4, 0.5) is 0 Å². The van der Waals surface area contributed by atoms with E-state index in [-0.39, 0.29) is 6.61 Å². The molecule has 0 saturated heterocycles. The van der Waals surface area contributed by atoms with Crippen LogP contribution in [0.5, 0.6) is 5.75 Å². The molecule has 0 spiro atoms. The number of ether oxygens (including phenoxy) is 1. The molecule has 0 fully saturated rings. The molecule has 1 N–H and O–H groups in total. The summed E-state index contributed by atoms with van der Waals surface area (Å²) in [6.45, 7) is 6.38. The number of para-hydroxylation sites is 1. The Balaban J connectivity index is 2.03. The topological polar surface area (TPSA) is 29.5 Å². The summed E-state index contributed by atoms with van der Waals surface area (Å²) in [7, 11) is 0. The average Bonchev–Trinajstić information content (AvgIpc) is 2.40. The predicted molar refractivity (Wildman–Crippen MR) is 77.5 cm³/mol. The van der Waals surface area contributed by atoms with Crippen molar-refractivity contribution in [1.29, 1.82) is 0 Å². The Labute approximate surface area is 114 Å². The van der Waals surface area contributed by atoms with Crippen molar-refractivity contribution in [2.75, 3.05) is 6.61 Å². The van der Waals surface area contributed by atoms with Gasteiger partial charge in [0, 0.05) is 0 Å². The van der Waals surface area contributed by atoms with Crippen LogP contribution in [0.1, 0.15) is 28.4 Å². The molecular formula is C17H20O2. The summed E-state index contributed by atoms with van der Waals surface area (Å²) in [4.78, 5) is 0. The van der Waals surface area contributed by atoms with E-state index in [1.807, 2.05) is 56.3 Å². The fourth-order valence-electron chi connectivity index (χ4n) is 1.96. The zero-order valence-electron chi connectivity index (χ0n) is 11.7. The minimum Gasteiger partial charge on any atom is -0.490 e. The van der Waals surface area contributed by atoms with Gasteiger partial charge in [0.1, 0.15) is 18.5 Å². The van der Waals surface area contributed by atoms with Gasteiger partial charge in [0.2, 0.25) is 0 Å². The van der Waals surface area contributed by atoms with Gasteiger partial charge in [-0.05, 0) is 49.1 Å². The van der Waals surface area contributed by atoms with Gasteiger partial charge in [-0.25, -0.2) is 0 Å². The fourth-order valence-corrected chi connectivity index (χ4v) is 1.96.